The van der Waals surface area contributed by atoms with E-state index in [1.54, 1.807) is 0 Å². The first-order valence-electron chi connectivity index (χ1n) is 8.60. The Bertz CT molecular complexity index is 485. The van der Waals surface area contributed by atoms with E-state index in [1.165, 1.54) is 50.8 Å². The lowest BCUT2D eigenvalue weighted by atomic mass is 9.69. The van der Waals surface area contributed by atoms with Gasteiger partial charge in [0.15, 0.2) is 0 Å². The Hall–Kier alpha value is -0.830. The summed E-state index contributed by atoms with van der Waals surface area (Å²) in [4.78, 5) is 0. The van der Waals surface area contributed by atoms with Crippen molar-refractivity contribution in [3.8, 4) is 0 Å². The van der Waals surface area contributed by atoms with Gasteiger partial charge in [-0.3, -0.25) is 4.68 Å². The summed E-state index contributed by atoms with van der Waals surface area (Å²) in [6.45, 7) is 8.05. The van der Waals surface area contributed by atoms with E-state index in [0.717, 1.165) is 11.8 Å². The minimum absolute atomic E-state index is 0.224. The van der Waals surface area contributed by atoms with E-state index in [9.17, 15) is 0 Å². The number of rotatable bonds is 5. The maximum atomic E-state index is 4.32. The van der Waals surface area contributed by atoms with Crippen LogP contribution in [0.15, 0.2) is 12.3 Å². The zero-order chi connectivity index (χ0) is 15.1. The molecule has 2 fully saturated rings. The second-order valence-corrected chi connectivity index (χ2v) is 8.49. The Labute approximate surface area is 129 Å². The molecule has 3 heteroatoms. The molecule has 0 spiro atoms. The summed E-state index contributed by atoms with van der Waals surface area (Å²) in [6.07, 6.45) is 10.3. The highest BCUT2D eigenvalue weighted by atomic mass is 15.2. The quantitative estimate of drug-likeness (QED) is 0.898. The summed E-state index contributed by atoms with van der Waals surface area (Å²) in [6, 6.07) is 2.18. The van der Waals surface area contributed by atoms with Crippen molar-refractivity contribution in [3.05, 3.63) is 18.0 Å². The average Bonchev–Trinajstić information content (AvgIpc) is 3.09. The topological polar surface area (TPSA) is 29.9 Å². The van der Waals surface area contributed by atoms with E-state index < -0.39 is 0 Å². The number of nitrogens with one attached hydrogen (secondary N) is 1. The summed E-state index contributed by atoms with van der Waals surface area (Å²) in [5.41, 5.74) is 2.13. The molecule has 3 rings (SSSR count). The highest BCUT2D eigenvalue weighted by molar-refractivity contribution is 5.06. The highest BCUT2D eigenvalue weighted by Gasteiger charge is 2.50. The Morgan fingerprint density at radius 2 is 2.19 bits per heavy atom. The fourth-order valence-electron chi connectivity index (χ4n) is 4.63. The van der Waals surface area contributed by atoms with Crippen LogP contribution in [0.25, 0.3) is 0 Å². The van der Waals surface area contributed by atoms with Gasteiger partial charge in [-0.05, 0) is 76.2 Å². The van der Waals surface area contributed by atoms with Gasteiger partial charge in [-0.2, -0.15) is 5.10 Å². The lowest BCUT2D eigenvalue weighted by Crippen LogP contribution is -2.46. The molecule has 1 aromatic heterocycles. The fourth-order valence-corrected chi connectivity index (χ4v) is 4.63. The van der Waals surface area contributed by atoms with E-state index in [2.05, 4.69) is 44.3 Å². The molecule has 2 aliphatic rings. The molecule has 2 aliphatic carbocycles. The number of hydrogen-bond acceptors (Lipinski definition) is 2. The Morgan fingerprint density at radius 3 is 2.71 bits per heavy atom. The molecular weight excluding hydrogens is 258 g/mol. The van der Waals surface area contributed by atoms with Crippen LogP contribution in [-0.2, 0) is 13.5 Å². The Morgan fingerprint density at radius 1 is 1.38 bits per heavy atom. The van der Waals surface area contributed by atoms with Gasteiger partial charge in [0.1, 0.15) is 0 Å². The number of nitrogens with zero attached hydrogens (tertiary/aromatic N) is 2. The monoisotopic (exact) mass is 289 g/mol. The molecule has 2 saturated carbocycles. The van der Waals surface area contributed by atoms with Crippen molar-refractivity contribution < 1.29 is 0 Å². The molecule has 3 unspecified atom stereocenters. The van der Waals surface area contributed by atoms with Crippen LogP contribution >= 0.6 is 0 Å². The minimum Gasteiger partial charge on any atom is -0.312 e. The molecule has 0 saturated heterocycles. The van der Waals surface area contributed by atoms with Gasteiger partial charge >= 0.3 is 0 Å². The van der Waals surface area contributed by atoms with Crippen LogP contribution in [0.1, 0.15) is 58.6 Å². The van der Waals surface area contributed by atoms with Crippen molar-refractivity contribution in [2.24, 2.45) is 24.3 Å². The zero-order valence-electron chi connectivity index (χ0n) is 14.2. The molecule has 3 nitrogen and oxygen atoms in total. The van der Waals surface area contributed by atoms with Crippen LogP contribution < -0.4 is 5.32 Å². The number of hydrogen-bond donors (Lipinski definition) is 1. The maximum absolute atomic E-state index is 4.32. The van der Waals surface area contributed by atoms with Crippen LogP contribution in [0, 0.1) is 17.3 Å². The van der Waals surface area contributed by atoms with Gasteiger partial charge in [0.05, 0.1) is 0 Å². The van der Waals surface area contributed by atoms with Crippen LogP contribution in [0.3, 0.4) is 0 Å². The van der Waals surface area contributed by atoms with Crippen LogP contribution in [0.4, 0.5) is 0 Å². The first-order valence-corrected chi connectivity index (χ1v) is 8.60. The molecule has 21 heavy (non-hydrogen) atoms. The van der Waals surface area contributed by atoms with E-state index in [1.807, 2.05) is 10.9 Å². The van der Waals surface area contributed by atoms with Crippen molar-refractivity contribution in [3.63, 3.8) is 0 Å². The Kier molecular flexibility index (Phi) is 3.89. The van der Waals surface area contributed by atoms with Crippen molar-refractivity contribution >= 4 is 0 Å². The van der Waals surface area contributed by atoms with Crippen molar-refractivity contribution in [1.29, 1.82) is 0 Å². The van der Waals surface area contributed by atoms with Crippen molar-refractivity contribution in [1.82, 2.24) is 15.1 Å². The van der Waals surface area contributed by atoms with Gasteiger partial charge in [0.25, 0.3) is 0 Å². The summed E-state index contributed by atoms with van der Waals surface area (Å²) in [5.74, 6) is 1.95. The lowest BCUT2D eigenvalue weighted by molar-refractivity contribution is 0.130. The number of aryl methyl sites for hydroxylation is 2. The molecule has 1 N–H and O–H groups in total. The molecule has 0 aromatic carbocycles. The van der Waals surface area contributed by atoms with E-state index in [0.29, 0.717) is 5.41 Å². The highest BCUT2D eigenvalue weighted by Crippen LogP contribution is 2.57. The van der Waals surface area contributed by atoms with Crippen LogP contribution in [-0.4, -0.2) is 21.9 Å². The third kappa shape index (κ3) is 3.18. The molecule has 1 aromatic rings. The second kappa shape index (κ2) is 5.42. The summed E-state index contributed by atoms with van der Waals surface area (Å²) in [5, 5.41) is 8.13. The average molecular weight is 289 g/mol. The normalized spacial score (nSPS) is 32.0. The van der Waals surface area contributed by atoms with Gasteiger partial charge in [-0.1, -0.05) is 6.42 Å². The van der Waals surface area contributed by atoms with Crippen LogP contribution in [0.5, 0.6) is 0 Å². The van der Waals surface area contributed by atoms with E-state index >= 15 is 0 Å². The summed E-state index contributed by atoms with van der Waals surface area (Å²) in [7, 11) is 2.07. The minimum atomic E-state index is 0.224. The lowest BCUT2D eigenvalue weighted by Gasteiger charge is -2.40. The van der Waals surface area contributed by atoms with Crippen LogP contribution in [0.2, 0.25) is 0 Å². The van der Waals surface area contributed by atoms with Gasteiger partial charge < -0.3 is 5.32 Å². The standard InChI is InChI=1S/C18H31N3/c1-17(2,3)19-13-18(12-14-5-6-15(18)11-14)9-7-16-8-10-20-21(16)4/h8,10,14-15,19H,5-7,9,11-13H2,1-4H3. The first-order chi connectivity index (χ1) is 9.88. The van der Waals surface area contributed by atoms with Gasteiger partial charge in [-0.15, -0.1) is 0 Å². The molecule has 0 amide bonds. The van der Waals surface area contributed by atoms with Gasteiger partial charge in [0, 0.05) is 31.0 Å². The Balaban J connectivity index is 1.69. The van der Waals surface area contributed by atoms with Crippen molar-refractivity contribution in [2.75, 3.05) is 6.54 Å². The van der Waals surface area contributed by atoms with Gasteiger partial charge in [0.2, 0.25) is 0 Å². The summed E-state index contributed by atoms with van der Waals surface area (Å²) < 4.78 is 2.04. The molecule has 3 atom stereocenters. The SMILES string of the molecule is Cn1nccc1CCC1(CNC(C)(C)C)CC2CCC1C2. The number of aromatic nitrogens is 2. The molecule has 2 bridgehead atoms. The molecular formula is C18H31N3. The molecule has 0 aliphatic heterocycles. The van der Waals surface area contributed by atoms with E-state index in [-0.39, 0.29) is 5.54 Å². The van der Waals surface area contributed by atoms with E-state index in [4.69, 9.17) is 0 Å². The predicted octanol–water partition coefficient (Wildman–Crippen LogP) is 3.55. The molecule has 1 heterocycles. The summed E-state index contributed by atoms with van der Waals surface area (Å²) >= 11 is 0. The third-order valence-corrected chi connectivity index (χ3v) is 5.87. The first kappa shape index (κ1) is 15.1. The molecule has 118 valence electrons. The molecule has 0 radical (unpaired) electrons. The van der Waals surface area contributed by atoms with Gasteiger partial charge in [-0.25, -0.2) is 0 Å². The third-order valence-electron chi connectivity index (χ3n) is 5.87. The number of fused-ring (bicyclic) bond motifs is 2. The largest absolute Gasteiger partial charge is 0.312 e. The smallest absolute Gasteiger partial charge is 0.0492 e. The fraction of sp³-hybridized carbons (Fsp3) is 0.833. The second-order valence-electron chi connectivity index (χ2n) is 8.49. The maximum Gasteiger partial charge on any atom is 0.0492 e. The predicted molar refractivity (Wildman–Crippen MR) is 87.2 cm³/mol. The zero-order valence-corrected chi connectivity index (χ0v) is 14.2. The van der Waals surface area contributed by atoms with Crippen molar-refractivity contribution in [2.45, 2.75) is 64.8 Å².